The predicted molar refractivity (Wildman–Crippen MR) is 59.7 cm³/mol. The highest BCUT2D eigenvalue weighted by Crippen LogP contribution is 2.48. The van der Waals surface area contributed by atoms with Crippen LogP contribution in [0.1, 0.15) is 30.4 Å². The van der Waals surface area contributed by atoms with Crippen molar-refractivity contribution in [3.63, 3.8) is 0 Å². The minimum absolute atomic E-state index is 0.0397. The van der Waals surface area contributed by atoms with Crippen molar-refractivity contribution in [2.45, 2.75) is 32.1 Å². The quantitative estimate of drug-likeness (QED) is 0.671. The molecule has 1 heteroatoms. The number of hydrogen-bond donors (Lipinski definition) is 0. The molecule has 2 aliphatic rings. The third-order valence-corrected chi connectivity index (χ3v) is 4.31. The van der Waals surface area contributed by atoms with E-state index < -0.39 is 0 Å². The van der Waals surface area contributed by atoms with Crippen LogP contribution in [0.25, 0.3) is 0 Å². The van der Waals surface area contributed by atoms with Crippen LogP contribution in [0.2, 0.25) is 0 Å². The summed E-state index contributed by atoms with van der Waals surface area (Å²) in [6.07, 6.45) is 7.04. The van der Waals surface area contributed by atoms with E-state index in [0.717, 1.165) is 12.8 Å². The summed E-state index contributed by atoms with van der Waals surface area (Å²) in [5, 5.41) is 0. The first-order valence-electron chi connectivity index (χ1n) is 5.87. The molecule has 0 amide bonds. The van der Waals surface area contributed by atoms with Crippen LogP contribution in [-0.4, -0.2) is 6.29 Å². The normalized spacial score (nSPS) is 23.2. The number of rotatable bonds is 2. The highest BCUT2D eigenvalue weighted by molar-refractivity contribution is 5.64. The third kappa shape index (κ3) is 1.26. The van der Waals surface area contributed by atoms with Crippen LogP contribution in [0.3, 0.4) is 0 Å². The molecule has 3 rings (SSSR count). The predicted octanol–water partition coefficient (Wildman–Crippen LogP) is 2.77. The fourth-order valence-electron chi connectivity index (χ4n) is 3.13. The summed E-state index contributed by atoms with van der Waals surface area (Å²) in [5.74, 6) is 0.655. The molecule has 78 valence electrons. The Hall–Kier alpha value is -1.11. The lowest BCUT2D eigenvalue weighted by atomic mass is 9.64. The second kappa shape index (κ2) is 3.19. The van der Waals surface area contributed by atoms with E-state index >= 15 is 0 Å². The van der Waals surface area contributed by atoms with E-state index in [1.807, 2.05) is 0 Å². The summed E-state index contributed by atoms with van der Waals surface area (Å²) >= 11 is 0. The van der Waals surface area contributed by atoms with Crippen LogP contribution in [0.15, 0.2) is 24.3 Å². The van der Waals surface area contributed by atoms with Crippen molar-refractivity contribution in [1.29, 1.82) is 0 Å². The van der Waals surface area contributed by atoms with Crippen molar-refractivity contribution in [1.82, 2.24) is 0 Å². The first-order valence-corrected chi connectivity index (χ1v) is 5.87. The molecule has 0 aromatic heterocycles. The Kier molecular flexibility index (Phi) is 1.95. The summed E-state index contributed by atoms with van der Waals surface area (Å²) in [7, 11) is 0. The SMILES string of the molecule is O=CC1(C2CCC2)Cc2ccccc2C1. The van der Waals surface area contributed by atoms with Crippen LogP contribution < -0.4 is 0 Å². The molecular formula is C14H16O. The molecule has 0 heterocycles. The molecule has 0 saturated heterocycles. The molecule has 1 saturated carbocycles. The molecule has 0 unspecified atom stereocenters. The second-order valence-corrected chi connectivity index (χ2v) is 5.10. The van der Waals surface area contributed by atoms with Crippen molar-refractivity contribution < 1.29 is 4.79 Å². The molecule has 1 aromatic carbocycles. The van der Waals surface area contributed by atoms with Gasteiger partial charge in [0, 0.05) is 5.41 Å². The standard InChI is InChI=1S/C14H16O/c15-10-14(13-6-3-7-13)8-11-4-1-2-5-12(11)9-14/h1-2,4-5,10,13H,3,6-9H2. The van der Waals surface area contributed by atoms with Gasteiger partial charge in [-0.25, -0.2) is 0 Å². The molecule has 1 nitrogen and oxygen atoms in total. The monoisotopic (exact) mass is 200 g/mol. The van der Waals surface area contributed by atoms with Crippen molar-refractivity contribution in [2.75, 3.05) is 0 Å². The molecule has 2 aliphatic carbocycles. The molecule has 1 fully saturated rings. The molecule has 0 N–H and O–H groups in total. The number of aldehydes is 1. The molecule has 0 aliphatic heterocycles. The van der Waals surface area contributed by atoms with E-state index in [2.05, 4.69) is 24.3 Å². The Morgan fingerprint density at radius 1 is 1.13 bits per heavy atom. The molecule has 1 aromatic rings. The zero-order chi connectivity index (χ0) is 10.3. The topological polar surface area (TPSA) is 17.1 Å². The molecule has 15 heavy (non-hydrogen) atoms. The number of hydrogen-bond acceptors (Lipinski definition) is 1. The first-order chi connectivity index (χ1) is 7.34. The molecular weight excluding hydrogens is 184 g/mol. The Morgan fingerprint density at radius 3 is 2.13 bits per heavy atom. The van der Waals surface area contributed by atoms with Crippen molar-refractivity contribution in [3.05, 3.63) is 35.4 Å². The maximum absolute atomic E-state index is 11.4. The minimum atomic E-state index is -0.0397. The second-order valence-electron chi connectivity index (χ2n) is 5.10. The average Bonchev–Trinajstić information content (AvgIpc) is 2.54. The van der Waals surface area contributed by atoms with Crippen LogP contribution in [0.5, 0.6) is 0 Å². The molecule has 0 radical (unpaired) electrons. The van der Waals surface area contributed by atoms with Gasteiger partial charge in [-0.1, -0.05) is 30.7 Å². The Morgan fingerprint density at radius 2 is 1.73 bits per heavy atom. The van der Waals surface area contributed by atoms with Gasteiger partial charge < -0.3 is 4.79 Å². The molecule has 0 bridgehead atoms. The summed E-state index contributed by atoms with van der Waals surface area (Å²) in [5.41, 5.74) is 2.76. The molecule has 0 atom stereocenters. The van der Waals surface area contributed by atoms with Gasteiger partial charge in [-0.05, 0) is 42.7 Å². The van der Waals surface area contributed by atoms with Crippen LogP contribution in [0, 0.1) is 11.3 Å². The van der Waals surface area contributed by atoms with Gasteiger partial charge in [0.15, 0.2) is 0 Å². The van der Waals surface area contributed by atoms with Gasteiger partial charge in [-0.2, -0.15) is 0 Å². The summed E-state index contributed by atoms with van der Waals surface area (Å²) in [6.45, 7) is 0. The van der Waals surface area contributed by atoms with E-state index in [0.29, 0.717) is 5.92 Å². The van der Waals surface area contributed by atoms with Crippen molar-refractivity contribution in [2.24, 2.45) is 11.3 Å². The molecule has 0 spiro atoms. The minimum Gasteiger partial charge on any atom is -0.303 e. The number of carbonyl (C=O) groups is 1. The smallest absolute Gasteiger partial charge is 0.127 e. The highest BCUT2D eigenvalue weighted by atomic mass is 16.1. The highest BCUT2D eigenvalue weighted by Gasteiger charge is 2.45. The zero-order valence-electron chi connectivity index (χ0n) is 8.91. The number of benzene rings is 1. The van der Waals surface area contributed by atoms with Gasteiger partial charge >= 0.3 is 0 Å². The number of fused-ring (bicyclic) bond motifs is 1. The maximum Gasteiger partial charge on any atom is 0.127 e. The van der Waals surface area contributed by atoms with Crippen LogP contribution >= 0.6 is 0 Å². The van der Waals surface area contributed by atoms with Gasteiger partial charge in [0.05, 0.1) is 0 Å². The Balaban J connectivity index is 1.94. The van der Waals surface area contributed by atoms with Gasteiger partial charge in [-0.3, -0.25) is 0 Å². The Labute approximate surface area is 90.5 Å². The average molecular weight is 200 g/mol. The van der Waals surface area contributed by atoms with Gasteiger partial charge in [0.25, 0.3) is 0 Å². The van der Waals surface area contributed by atoms with E-state index in [4.69, 9.17) is 0 Å². The van der Waals surface area contributed by atoms with E-state index in [1.165, 1.54) is 36.7 Å². The lowest BCUT2D eigenvalue weighted by Crippen LogP contribution is -2.37. The summed E-state index contributed by atoms with van der Waals surface area (Å²) < 4.78 is 0. The van der Waals surface area contributed by atoms with Crippen LogP contribution in [-0.2, 0) is 17.6 Å². The van der Waals surface area contributed by atoms with Gasteiger partial charge in [-0.15, -0.1) is 0 Å². The summed E-state index contributed by atoms with van der Waals surface area (Å²) in [4.78, 5) is 11.4. The lowest BCUT2D eigenvalue weighted by Gasteiger charge is -2.39. The first kappa shape index (κ1) is 9.14. The Bertz CT molecular complexity index is 365. The fraction of sp³-hybridized carbons (Fsp3) is 0.500. The lowest BCUT2D eigenvalue weighted by molar-refractivity contribution is -0.120. The van der Waals surface area contributed by atoms with E-state index in [1.54, 1.807) is 0 Å². The third-order valence-electron chi connectivity index (χ3n) is 4.31. The van der Waals surface area contributed by atoms with E-state index in [9.17, 15) is 4.79 Å². The van der Waals surface area contributed by atoms with Gasteiger partial charge in [0.1, 0.15) is 6.29 Å². The van der Waals surface area contributed by atoms with E-state index in [-0.39, 0.29) is 5.41 Å². The summed E-state index contributed by atoms with van der Waals surface area (Å²) in [6, 6.07) is 8.53. The largest absolute Gasteiger partial charge is 0.303 e. The number of carbonyl (C=O) groups excluding carboxylic acids is 1. The fourth-order valence-corrected chi connectivity index (χ4v) is 3.13. The van der Waals surface area contributed by atoms with Gasteiger partial charge in [0.2, 0.25) is 0 Å². The maximum atomic E-state index is 11.4. The van der Waals surface area contributed by atoms with Crippen molar-refractivity contribution in [3.8, 4) is 0 Å². The van der Waals surface area contributed by atoms with Crippen molar-refractivity contribution >= 4 is 6.29 Å². The zero-order valence-corrected chi connectivity index (χ0v) is 8.91. The van der Waals surface area contributed by atoms with Crippen LogP contribution in [0.4, 0.5) is 0 Å².